The molecule has 3 nitrogen and oxygen atoms in total. The van der Waals surface area contributed by atoms with Gasteiger partial charge in [-0.25, -0.2) is 9.18 Å². The van der Waals surface area contributed by atoms with Gasteiger partial charge in [0.2, 0.25) is 5.67 Å². The number of halogens is 2. The first-order chi connectivity index (χ1) is 6.92. The van der Waals surface area contributed by atoms with Gasteiger partial charge in [0, 0.05) is 10.2 Å². The van der Waals surface area contributed by atoms with Gasteiger partial charge in [-0.2, -0.15) is 0 Å². The molecule has 0 spiro atoms. The van der Waals surface area contributed by atoms with Crippen LogP contribution in [0.5, 0.6) is 0 Å². The molecule has 0 saturated carbocycles. The Hall–Kier alpha value is -1.10. The summed E-state index contributed by atoms with van der Waals surface area (Å²) in [5.74, 6) is -1.47. The molecule has 1 rings (SSSR count). The zero-order valence-electron chi connectivity index (χ0n) is 8.13. The Balaban J connectivity index is 2.57. The Labute approximate surface area is 95.4 Å². The summed E-state index contributed by atoms with van der Waals surface area (Å²) in [4.78, 5) is 10.5. The summed E-state index contributed by atoms with van der Waals surface area (Å²) in [6.45, 7) is 0.769. The van der Waals surface area contributed by atoms with E-state index in [2.05, 4.69) is 21.2 Å². The molecule has 1 aromatic rings. The lowest BCUT2D eigenvalue weighted by molar-refractivity contribution is -0.148. The molecule has 1 atom stereocenters. The number of anilines is 1. The molecule has 0 aliphatic rings. The van der Waals surface area contributed by atoms with Gasteiger partial charge in [-0.15, -0.1) is 0 Å². The Morgan fingerprint density at radius 3 is 2.53 bits per heavy atom. The number of alkyl halides is 1. The van der Waals surface area contributed by atoms with Crippen molar-refractivity contribution < 1.29 is 14.3 Å². The second kappa shape index (κ2) is 4.61. The third-order valence-electron chi connectivity index (χ3n) is 1.91. The molecule has 0 bridgehead atoms. The summed E-state index contributed by atoms with van der Waals surface area (Å²) < 4.78 is 14.2. The number of carboxylic acids is 1. The molecule has 0 amide bonds. The summed E-state index contributed by atoms with van der Waals surface area (Å²) in [5, 5.41) is 11.3. The molecule has 0 aliphatic carbocycles. The minimum atomic E-state index is -2.26. The lowest BCUT2D eigenvalue weighted by atomic mass is 10.1. The highest BCUT2D eigenvalue weighted by molar-refractivity contribution is 9.10. The van der Waals surface area contributed by atoms with Crippen molar-refractivity contribution in [3.8, 4) is 0 Å². The fourth-order valence-electron chi connectivity index (χ4n) is 0.911. The number of hydrogen-bond donors (Lipinski definition) is 2. The van der Waals surface area contributed by atoms with Gasteiger partial charge in [0.1, 0.15) is 0 Å². The summed E-state index contributed by atoms with van der Waals surface area (Å²) >= 11 is 3.26. The SMILES string of the molecule is CC(F)(CNc1ccc(Br)cc1)C(=O)O. The highest BCUT2D eigenvalue weighted by atomic mass is 79.9. The van der Waals surface area contributed by atoms with Crippen molar-refractivity contribution in [2.24, 2.45) is 0 Å². The molecule has 0 radical (unpaired) electrons. The smallest absolute Gasteiger partial charge is 0.343 e. The molecule has 1 unspecified atom stereocenters. The van der Waals surface area contributed by atoms with Crippen LogP contribution in [0.15, 0.2) is 28.7 Å². The average Bonchev–Trinajstić information content (AvgIpc) is 2.17. The summed E-state index contributed by atoms with van der Waals surface area (Å²) in [7, 11) is 0. The molecule has 0 heterocycles. The zero-order valence-corrected chi connectivity index (χ0v) is 9.71. The van der Waals surface area contributed by atoms with E-state index in [1.54, 1.807) is 24.3 Å². The molecular weight excluding hydrogens is 265 g/mol. The molecule has 5 heteroatoms. The van der Waals surface area contributed by atoms with Crippen LogP contribution in [0.4, 0.5) is 10.1 Å². The molecule has 0 saturated heterocycles. The molecular formula is C10H11BrFNO2. The van der Waals surface area contributed by atoms with E-state index >= 15 is 0 Å². The number of carbonyl (C=O) groups is 1. The van der Waals surface area contributed by atoms with Crippen LogP contribution in [-0.2, 0) is 4.79 Å². The minimum absolute atomic E-state index is 0.260. The zero-order chi connectivity index (χ0) is 11.5. The Morgan fingerprint density at radius 1 is 1.53 bits per heavy atom. The first-order valence-electron chi connectivity index (χ1n) is 4.33. The second-order valence-corrected chi connectivity index (χ2v) is 4.28. The van der Waals surface area contributed by atoms with Crippen molar-refractivity contribution in [1.29, 1.82) is 0 Å². The quantitative estimate of drug-likeness (QED) is 0.888. The van der Waals surface area contributed by atoms with Gasteiger partial charge in [-0.1, -0.05) is 15.9 Å². The Bertz CT molecular complexity index is 351. The van der Waals surface area contributed by atoms with Crippen LogP contribution >= 0.6 is 15.9 Å². The number of rotatable bonds is 4. The lowest BCUT2D eigenvalue weighted by Gasteiger charge is -2.16. The maximum atomic E-state index is 13.3. The van der Waals surface area contributed by atoms with Crippen LogP contribution in [0.3, 0.4) is 0 Å². The molecule has 82 valence electrons. The van der Waals surface area contributed by atoms with E-state index in [4.69, 9.17) is 5.11 Å². The number of nitrogens with one attached hydrogen (secondary N) is 1. The monoisotopic (exact) mass is 275 g/mol. The van der Waals surface area contributed by atoms with Crippen molar-refractivity contribution in [3.63, 3.8) is 0 Å². The van der Waals surface area contributed by atoms with Crippen molar-refractivity contribution in [1.82, 2.24) is 0 Å². The van der Waals surface area contributed by atoms with E-state index < -0.39 is 11.6 Å². The lowest BCUT2D eigenvalue weighted by Crippen LogP contribution is -2.37. The van der Waals surface area contributed by atoms with Crippen LogP contribution in [0.1, 0.15) is 6.92 Å². The first-order valence-corrected chi connectivity index (χ1v) is 5.13. The minimum Gasteiger partial charge on any atom is -0.479 e. The van der Waals surface area contributed by atoms with E-state index in [-0.39, 0.29) is 6.54 Å². The van der Waals surface area contributed by atoms with Crippen molar-refractivity contribution >= 4 is 27.6 Å². The molecule has 2 N–H and O–H groups in total. The van der Waals surface area contributed by atoms with Gasteiger partial charge in [-0.3, -0.25) is 0 Å². The fraction of sp³-hybridized carbons (Fsp3) is 0.300. The molecule has 15 heavy (non-hydrogen) atoms. The van der Waals surface area contributed by atoms with Gasteiger partial charge < -0.3 is 10.4 Å². The number of aliphatic carboxylic acids is 1. The highest BCUT2D eigenvalue weighted by Gasteiger charge is 2.32. The average molecular weight is 276 g/mol. The van der Waals surface area contributed by atoms with Gasteiger partial charge in [0.15, 0.2) is 0 Å². The molecule has 0 fully saturated rings. The van der Waals surface area contributed by atoms with E-state index in [0.717, 1.165) is 11.4 Å². The normalized spacial score (nSPS) is 14.3. The summed E-state index contributed by atoms with van der Waals surface area (Å²) in [6.07, 6.45) is 0. The van der Waals surface area contributed by atoms with E-state index in [9.17, 15) is 9.18 Å². The first kappa shape index (κ1) is 12.0. The Kier molecular flexibility index (Phi) is 3.68. The van der Waals surface area contributed by atoms with Crippen LogP contribution in [0.2, 0.25) is 0 Å². The maximum absolute atomic E-state index is 13.3. The molecule has 1 aromatic carbocycles. The van der Waals surface area contributed by atoms with Gasteiger partial charge in [-0.05, 0) is 31.2 Å². The summed E-state index contributed by atoms with van der Waals surface area (Å²) in [6, 6.07) is 7.06. The number of carboxylic acid groups (broad SMARTS) is 1. The van der Waals surface area contributed by atoms with E-state index in [1.165, 1.54) is 0 Å². The Morgan fingerprint density at radius 2 is 2.07 bits per heavy atom. The van der Waals surface area contributed by atoms with Crippen molar-refractivity contribution in [3.05, 3.63) is 28.7 Å². The van der Waals surface area contributed by atoms with Gasteiger partial charge in [0.25, 0.3) is 0 Å². The standard InChI is InChI=1S/C10H11BrFNO2/c1-10(12,9(14)15)6-13-8-4-2-7(11)3-5-8/h2-5,13H,6H2,1H3,(H,14,15). The van der Waals surface area contributed by atoms with Crippen LogP contribution in [0.25, 0.3) is 0 Å². The highest BCUT2D eigenvalue weighted by Crippen LogP contribution is 2.16. The number of hydrogen-bond acceptors (Lipinski definition) is 2. The topological polar surface area (TPSA) is 49.3 Å². The maximum Gasteiger partial charge on any atom is 0.343 e. The fourth-order valence-corrected chi connectivity index (χ4v) is 1.18. The van der Waals surface area contributed by atoms with E-state index in [1.807, 2.05) is 0 Å². The van der Waals surface area contributed by atoms with Gasteiger partial charge >= 0.3 is 5.97 Å². The van der Waals surface area contributed by atoms with Crippen LogP contribution in [0, 0.1) is 0 Å². The predicted molar refractivity (Wildman–Crippen MR) is 59.8 cm³/mol. The second-order valence-electron chi connectivity index (χ2n) is 3.36. The van der Waals surface area contributed by atoms with Crippen LogP contribution < -0.4 is 5.32 Å². The van der Waals surface area contributed by atoms with E-state index in [0.29, 0.717) is 5.69 Å². The van der Waals surface area contributed by atoms with Crippen LogP contribution in [-0.4, -0.2) is 23.3 Å². The van der Waals surface area contributed by atoms with Crippen molar-refractivity contribution in [2.75, 3.05) is 11.9 Å². The largest absolute Gasteiger partial charge is 0.479 e. The van der Waals surface area contributed by atoms with Crippen molar-refractivity contribution in [2.45, 2.75) is 12.6 Å². The summed E-state index contributed by atoms with van der Waals surface area (Å²) in [5.41, 5.74) is -1.57. The molecule has 0 aliphatic heterocycles. The predicted octanol–water partition coefficient (Wildman–Crippen LogP) is 2.67. The number of benzene rings is 1. The molecule has 0 aromatic heterocycles. The van der Waals surface area contributed by atoms with Gasteiger partial charge in [0.05, 0.1) is 6.54 Å². The third-order valence-corrected chi connectivity index (χ3v) is 2.44. The third kappa shape index (κ3) is 3.51.